The summed E-state index contributed by atoms with van der Waals surface area (Å²) in [7, 11) is 0. The highest BCUT2D eigenvalue weighted by Crippen LogP contribution is 2.34. The van der Waals surface area contributed by atoms with Gasteiger partial charge in [-0.15, -0.1) is 0 Å². The molecule has 0 spiro atoms. The first kappa shape index (κ1) is 19.6. The van der Waals surface area contributed by atoms with Gasteiger partial charge in [-0.3, -0.25) is 9.69 Å². The molecule has 0 radical (unpaired) electrons. The van der Waals surface area contributed by atoms with Crippen LogP contribution in [-0.4, -0.2) is 41.9 Å². The van der Waals surface area contributed by atoms with Crippen molar-refractivity contribution in [1.29, 1.82) is 0 Å². The van der Waals surface area contributed by atoms with E-state index < -0.39 is 0 Å². The molecule has 5 heteroatoms. The van der Waals surface area contributed by atoms with Crippen molar-refractivity contribution in [1.82, 2.24) is 9.80 Å². The van der Waals surface area contributed by atoms with Crippen molar-refractivity contribution in [3.8, 4) is 0 Å². The lowest BCUT2D eigenvalue weighted by Crippen LogP contribution is -2.38. The number of hydrogen-bond acceptors (Lipinski definition) is 3. The van der Waals surface area contributed by atoms with Crippen molar-refractivity contribution in [2.24, 2.45) is 11.8 Å². The molecule has 4 nitrogen and oxygen atoms in total. The summed E-state index contributed by atoms with van der Waals surface area (Å²) in [5.74, 6) is 1.71. The number of furan rings is 1. The molecule has 0 unspecified atom stereocenters. The number of amides is 1. The van der Waals surface area contributed by atoms with Gasteiger partial charge in [0.2, 0.25) is 5.91 Å². The van der Waals surface area contributed by atoms with Gasteiger partial charge in [0, 0.05) is 39.0 Å². The van der Waals surface area contributed by atoms with Gasteiger partial charge < -0.3 is 9.32 Å². The first-order valence-electron chi connectivity index (χ1n) is 9.68. The Hall–Kier alpha value is -2.14. The molecule has 0 bridgehead atoms. The first-order chi connectivity index (χ1) is 12.9. The van der Waals surface area contributed by atoms with Crippen LogP contribution < -0.4 is 0 Å². The number of carbonyl (C=O) groups is 1. The van der Waals surface area contributed by atoms with Gasteiger partial charge >= 0.3 is 0 Å². The summed E-state index contributed by atoms with van der Waals surface area (Å²) >= 11 is 0. The molecule has 27 heavy (non-hydrogen) atoms. The molecule has 1 aromatic carbocycles. The van der Waals surface area contributed by atoms with Crippen molar-refractivity contribution in [3.63, 3.8) is 0 Å². The molecule has 1 amide bonds. The Labute approximate surface area is 161 Å². The first-order valence-corrected chi connectivity index (χ1v) is 9.68. The summed E-state index contributed by atoms with van der Waals surface area (Å²) in [6.07, 6.45) is 1.69. The maximum absolute atomic E-state index is 13.8. The number of nitrogens with zero attached hydrogens (tertiary/aromatic N) is 2. The summed E-state index contributed by atoms with van der Waals surface area (Å²) in [6, 6.07) is 10.8. The third kappa shape index (κ3) is 5.19. The van der Waals surface area contributed by atoms with Crippen LogP contribution >= 0.6 is 0 Å². The number of likely N-dealkylation sites (tertiary alicyclic amines) is 1. The third-order valence-electron chi connectivity index (χ3n) is 5.24. The summed E-state index contributed by atoms with van der Waals surface area (Å²) in [4.78, 5) is 16.4. The zero-order valence-electron chi connectivity index (χ0n) is 16.4. The van der Waals surface area contributed by atoms with Gasteiger partial charge in [-0.1, -0.05) is 26.0 Å². The van der Waals surface area contributed by atoms with Crippen molar-refractivity contribution >= 4 is 5.91 Å². The molecule has 1 saturated heterocycles. The number of hydrogen-bond donors (Lipinski definition) is 0. The minimum Gasteiger partial charge on any atom is -0.468 e. The Balaban J connectivity index is 1.79. The number of rotatable bonds is 7. The van der Waals surface area contributed by atoms with E-state index in [1.54, 1.807) is 25.3 Å². The van der Waals surface area contributed by atoms with Crippen LogP contribution in [0.3, 0.4) is 0 Å². The Morgan fingerprint density at radius 1 is 1.30 bits per heavy atom. The molecular formula is C22H29FN2O2. The highest BCUT2D eigenvalue weighted by molar-refractivity contribution is 5.73. The minimum absolute atomic E-state index is 0.103. The van der Waals surface area contributed by atoms with E-state index in [9.17, 15) is 9.18 Å². The number of carbonyl (C=O) groups excluding carboxylic acids is 1. The minimum atomic E-state index is -0.207. The summed E-state index contributed by atoms with van der Waals surface area (Å²) in [5, 5.41) is 0. The van der Waals surface area contributed by atoms with Gasteiger partial charge in [-0.25, -0.2) is 4.39 Å². The molecule has 2 heterocycles. The van der Waals surface area contributed by atoms with E-state index in [-0.39, 0.29) is 23.6 Å². The van der Waals surface area contributed by atoms with Crippen LogP contribution in [0.1, 0.15) is 38.0 Å². The van der Waals surface area contributed by atoms with Crippen molar-refractivity contribution in [2.75, 3.05) is 26.2 Å². The largest absolute Gasteiger partial charge is 0.468 e. The zero-order valence-corrected chi connectivity index (χ0v) is 16.4. The zero-order chi connectivity index (χ0) is 19.4. The topological polar surface area (TPSA) is 36.7 Å². The van der Waals surface area contributed by atoms with Crippen molar-refractivity contribution in [2.45, 2.75) is 33.2 Å². The van der Waals surface area contributed by atoms with Gasteiger partial charge in [0.25, 0.3) is 0 Å². The fourth-order valence-corrected chi connectivity index (χ4v) is 4.07. The third-order valence-corrected chi connectivity index (χ3v) is 5.24. The van der Waals surface area contributed by atoms with E-state index in [4.69, 9.17) is 4.42 Å². The Morgan fingerprint density at radius 3 is 2.74 bits per heavy atom. The van der Waals surface area contributed by atoms with Crippen LogP contribution in [-0.2, 0) is 11.3 Å². The molecule has 3 rings (SSSR count). The average Bonchev–Trinajstić information content (AvgIpc) is 3.24. The molecule has 1 aliphatic rings. The average molecular weight is 372 g/mol. The predicted octanol–water partition coefficient (Wildman–Crippen LogP) is 4.14. The quantitative estimate of drug-likeness (QED) is 0.733. The van der Waals surface area contributed by atoms with Crippen LogP contribution in [0.25, 0.3) is 0 Å². The molecule has 2 aromatic rings. The molecular weight excluding hydrogens is 343 g/mol. The Morgan fingerprint density at radius 2 is 2.11 bits per heavy atom. The van der Waals surface area contributed by atoms with E-state index in [1.165, 1.54) is 6.07 Å². The molecule has 1 aromatic heterocycles. The van der Waals surface area contributed by atoms with E-state index in [2.05, 4.69) is 18.7 Å². The Bertz CT molecular complexity index is 745. The fourth-order valence-electron chi connectivity index (χ4n) is 4.07. The second-order valence-electron chi connectivity index (χ2n) is 8.01. The lowest BCUT2D eigenvalue weighted by molar-refractivity contribution is -0.130. The monoisotopic (exact) mass is 372 g/mol. The van der Waals surface area contributed by atoms with E-state index in [0.29, 0.717) is 12.5 Å². The fraction of sp³-hybridized carbons (Fsp3) is 0.500. The molecule has 1 aliphatic heterocycles. The van der Waals surface area contributed by atoms with Gasteiger partial charge in [0.15, 0.2) is 0 Å². The molecule has 146 valence electrons. The molecule has 1 fully saturated rings. The van der Waals surface area contributed by atoms with Crippen molar-refractivity contribution in [3.05, 3.63) is 59.8 Å². The van der Waals surface area contributed by atoms with E-state index >= 15 is 0 Å². The van der Waals surface area contributed by atoms with Crippen LogP contribution in [0.2, 0.25) is 0 Å². The Kier molecular flexibility index (Phi) is 6.32. The standard InChI is InChI=1S/C22H29FN2O2/c1-16(2)11-25(17(3)26)13-19-12-24(14-21-8-5-9-27-21)15-22(19)18-6-4-7-20(23)10-18/h4-10,16,19,22H,11-15H2,1-3H3/t19-,22+/m1/s1. The molecule has 2 atom stereocenters. The summed E-state index contributed by atoms with van der Waals surface area (Å²) in [6.45, 7) is 9.76. The van der Waals surface area contributed by atoms with Crippen molar-refractivity contribution < 1.29 is 13.6 Å². The van der Waals surface area contributed by atoms with E-state index in [1.807, 2.05) is 23.1 Å². The predicted molar refractivity (Wildman–Crippen MR) is 104 cm³/mol. The van der Waals surface area contributed by atoms with E-state index in [0.717, 1.165) is 37.5 Å². The summed E-state index contributed by atoms with van der Waals surface area (Å²) in [5.41, 5.74) is 1.01. The smallest absolute Gasteiger partial charge is 0.219 e. The highest BCUT2D eigenvalue weighted by atomic mass is 19.1. The second kappa shape index (κ2) is 8.70. The van der Waals surface area contributed by atoms with Crippen LogP contribution in [0.4, 0.5) is 4.39 Å². The second-order valence-corrected chi connectivity index (χ2v) is 8.01. The van der Waals surface area contributed by atoms with Crippen LogP contribution in [0.15, 0.2) is 47.1 Å². The highest BCUT2D eigenvalue weighted by Gasteiger charge is 2.35. The number of benzene rings is 1. The van der Waals surface area contributed by atoms with Crippen LogP contribution in [0.5, 0.6) is 0 Å². The van der Waals surface area contributed by atoms with Crippen LogP contribution in [0, 0.1) is 17.7 Å². The maximum atomic E-state index is 13.8. The lowest BCUT2D eigenvalue weighted by atomic mass is 9.88. The number of halogens is 1. The van der Waals surface area contributed by atoms with Gasteiger partial charge in [0.1, 0.15) is 11.6 Å². The molecule has 0 saturated carbocycles. The van der Waals surface area contributed by atoms with Gasteiger partial charge in [-0.05, 0) is 41.7 Å². The molecule has 0 aliphatic carbocycles. The molecule has 0 N–H and O–H groups in total. The maximum Gasteiger partial charge on any atom is 0.219 e. The normalized spacial score (nSPS) is 20.3. The van der Waals surface area contributed by atoms with Gasteiger partial charge in [-0.2, -0.15) is 0 Å². The summed E-state index contributed by atoms with van der Waals surface area (Å²) < 4.78 is 19.3. The lowest BCUT2D eigenvalue weighted by Gasteiger charge is -2.29. The van der Waals surface area contributed by atoms with Gasteiger partial charge in [0.05, 0.1) is 12.8 Å². The SMILES string of the molecule is CC(=O)N(CC(C)C)C[C@H]1CN(Cc2ccco2)C[C@H]1c1cccc(F)c1.